The number of carbonyl (C=O) groups excluding carboxylic acids is 2. The Morgan fingerprint density at radius 2 is 2.15 bits per heavy atom. The first-order valence-corrected chi connectivity index (χ1v) is 11.8. The van der Waals surface area contributed by atoms with Gasteiger partial charge in [-0.1, -0.05) is 11.8 Å². The van der Waals surface area contributed by atoms with E-state index in [1.807, 2.05) is 4.40 Å². The van der Waals surface area contributed by atoms with E-state index in [4.69, 9.17) is 4.74 Å². The van der Waals surface area contributed by atoms with E-state index in [0.717, 1.165) is 29.6 Å². The second-order valence-corrected chi connectivity index (χ2v) is 9.89. The van der Waals surface area contributed by atoms with Gasteiger partial charge in [-0.25, -0.2) is 9.37 Å². The Kier molecular flexibility index (Phi) is 5.34. The SMILES string of the molecule is CN1C(=O)[C@@H](NC(=O)c2cn3c(C4CC4)csc3n2)COc2cc(F)c(C#CC(C)(C)O)cc21. The maximum Gasteiger partial charge on any atom is 0.272 e. The fourth-order valence-corrected chi connectivity index (χ4v) is 4.71. The number of halogens is 1. The van der Waals surface area contributed by atoms with Gasteiger partial charge in [0.25, 0.3) is 11.8 Å². The summed E-state index contributed by atoms with van der Waals surface area (Å²) in [5.41, 5.74) is 0.423. The number of aliphatic hydroxyl groups is 1. The van der Waals surface area contributed by atoms with Gasteiger partial charge in [0, 0.05) is 36.3 Å². The quantitative estimate of drug-likeness (QED) is 0.560. The number of amides is 2. The molecule has 5 rings (SSSR count). The van der Waals surface area contributed by atoms with E-state index in [1.54, 1.807) is 6.20 Å². The molecule has 1 atom stereocenters. The molecule has 34 heavy (non-hydrogen) atoms. The first-order chi connectivity index (χ1) is 16.1. The van der Waals surface area contributed by atoms with Crippen molar-refractivity contribution in [1.82, 2.24) is 14.7 Å². The Labute approximate surface area is 199 Å². The third-order valence-electron chi connectivity index (χ3n) is 5.72. The number of fused-ring (bicyclic) bond motifs is 2. The number of hydrogen-bond donors (Lipinski definition) is 2. The number of anilines is 1. The van der Waals surface area contributed by atoms with Gasteiger partial charge in [-0.15, -0.1) is 11.3 Å². The minimum atomic E-state index is -1.30. The summed E-state index contributed by atoms with van der Waals surface area (Å²) in [6.07, 6.45) is 3.97. The largest absolute Gasteiger partial charge is 0.489 e. The molecule has 2 aromatic heterocycles. The smallest absolute Gasteiger partial charge is 0.272 e. The molecule has 0 spiro atoms. The number of benzene rings is 1. The molecule has 8 nitrogen and oxygen atoms in total. The van der Waals surface area contributed by atoms with Crippen LogP contribution in [0.3, 0.4) is 0 Å². The molecular formula is C24H23FN4O4S. The fourth-order valence-electron chi connectivity index (χ4n) is 3.75. The highest BCUT2D eigenvalue weighted by Crippen LogP contribution is 2.41. The first-order valence-electron chi connectivity index (χ1n) is 10.9. The van der Waals surface area contributed by atoms with Crippen molar-refractivity contribution in [1.29, 1.82) is 0 Å². The first kappa shape index (κ1) is 22.4. The fraction of sp³-hybridized carbons (Fsp3) is 0.375. The minimum absolute atomic E-state index is 0.0242. The predicted octanol–water partition coefficient (Wildman–Crippen LogP) is 2.69. The van der Waals surface area contributed by atoms with Crippen molar-refractivity contribution >= 4 is 33.8 Å². The van der Waals surface area contributed by atoms with Gasteiger partial charge in [0.1, 0.15) is 35.5 Å². The van der Waals surface area contributed by atoms with Crippen molar-refractivity contribution < 1.29 is 23.8 Å². The number of ether oxygens (including phenoxy) is 1. The van der Waals surface area contributed by atoms with Gasteiger partial charge in [-0.05, 0) is 32.8 Å². The lowest BCUT2D eigenvalue weighted by atomic mass is 10.1. The molecule has 2 N–H and O–H groups in total. The summed E-state index contributed by atoms with van der Waals surface area (Å²) in [7, 11) is 1.52. The number of thiazole rings is 1. The summed E-state index contributed by atoms with van der Waals surface area (Å²) in [6, 6.07) is 1.57. The summed E-state index contributed by atoms with van der Waals surface area (Å²) in [5.74, 6) is 4.30. The highest BCUT2D eigenvalue weighted by Gasteiger charge is 2.33. The molecule has 3 heterocycles. The molecule has 3 aromatic rings. The van der Waals surface area contributed by atoms with Crippen molar-refractivity contribution in [3.8, 4) is 17.6 Å². The van der Waals surface area contributed by atoms with E-state index < -0.39 is 29.3 Å². The number of likely N-dealkylation sites (N-methyl/N-ethyl adjacent to an activating group) is 1. The third-order valence-corrected chi connectivity index (χ3v) is 6.58. The van der Waals surface area contributed by atoms with Gasteiger partial charge in [0.15, 0.2) is 4.96 Å². The molecule has 1 saturated carbocycles. The van der Waals surface area contributed by atoms with Gasteiger partial charge in [-0.2, -0.15) is 0 Å². The molecule has 1 aliphatic heterocycles. The van der Waals surface area contributed by atoms with Crippen LogP contribution < -0.4 is 15.0 Å². The average molecular weight is 483 g/mol. The second kappa shape index (κ2) is 8.11. The highest BCUT2D eigenvalue weighted by atomic mass is 32.1. The van der Waals surface area contributed by atoms with Crippen molar-refractivity contribution in [2.45, 2.75) is 44.2 Å². The van der Waals surface area contributed by atoms with Crippen LogP contribution in [-0.2, 0) is 4.79 Å². The molecule has 0 unspecified atom stereocenters. The summed E-state index contributed by atoms with van der Waals surface area (Å²) < 4.78 is 22.2. The average Bonchev–Trinajstić information content (AvgIpc) is 3.42. The molecule has 0 radical (unpaired) electrons. The summed E-state index contributed by atoms with van der Waals surface area (Å²) >= 11 is 1.48. The second-order valence-electron chi connectivity index (χ2n) is 9.06. The van der Waals surface area contributed by atoms with Gasteiger partial charge >= 0.3 is 0 Å². The molecule has 0 saturated heterocycles. The zero-order valence-electron chi connectivity index (χ0n) is 18.9. The van der Waals surface area contributed by atoms with Gasteiger partial charge in [-0.3, -0.25) is 14.0 Å². The number of carbonyl (C=O) groups is 2. The number of nitrogens with one attached hydrogen (secondary N) is 1. The van der Waals surface area contributed by atoms with Crippen molar-refractivity contribution in [2.24, 2.45) is 0 Å². The Morgan fingerprint density at radius 3 is 2.85 bits per heavy atom. The Bertz CT molecular complexity index is 1370. The molecule has 10 heteroatoms. The summed E-state index contributed by atoms with van der Waals surface area (Å²) in [4.78, 5) is 32.4. The van der Waals surface area contributed by atoms with E-state index in [9.17, 15) is 19.1 Å². The van der Waals surface area contributed by atoms with Crippen LogP contribution in [-0.4, -0.2) is 51.6 Å². The van der Waals surface area contributed by atoms with E-state index in [-0.39, 0.29) is 23.6 Å². The molecule has 0 bridgehead atoms. The number of aromatic nitrogens is 2. The normalized spacial score (nSPS) is 18.1. The lowest BCUT2D eigenvalue weighted by Crippen LogP contribution is -2.49. The van der Waals surface area contributed by atoms with E-state index in [0.29, 0.717) is 11.6 Å². The van der Waals surface area contributed by atoms with Crippen LogP contribution in [0.25, 0.3) is 4.96 Å². The van der Waals surface area contributed by atoms with Crippen LogP contribution in [0.5, 0.6) is 5.75 Å². The molecule has 1 aromatic carbocycles. The lowest BCUT2D eigenvalue weighted by Gasteiger charge is -2.20. The number of nitrogens with zero attached hydrogens (tertiary/aromatic N) is 3. The van der Waals surface area contributed by atoms with Crippen molar-refractivity contribution in [3.05, 3.63) is 46.5 Å². The number of rotatable bonds is 3. The Hall–Kier alpha value is -3.42. The molecule has 2 aliphatic rings. The van der Waals surface area contributed by atoms with E-state index in [2.05, 4.69) is 27.5 Å². The lowest BCUT2D eigenvalue weighted by molar-refractivity contribution is -0.120. The topological polar surface area (TPSA) is 96.2 Å². The summed E-state index contributed by atoms with van der Waals surface area (Å²) in [6.45, 7) is 2.82. The van der Waals surface area contributed by atoms with Gasteiger partial charge in [0.05, 0.1) is 11.3 Å². The Morgan fingerprint density at radius 1 is 1.38 bits per heavy atom. The van der Waals surface area contributed by atoms with Crippen LogP contribution in [0.15, 0.2) is 23.7 Å². The van der Waals surface area contributed by atoms with E-state index >= 15 is 0 Å². The zero-order valence-corrected chi connectivity index (χ0v) is 19.7. The van der Waals surface area contributed by atoms with E-state index in [1.165, 1.54) is 43.2 Å². The molecule has 1 fully saturated rings. The van der Waals surface area contributed by atoms with Gasteiger partial charge in [0.2, 0.25) is 0 Å². The minimum Gasteiger partial charge on any atom is -0.489 e. The maximum absolute atomic E-state index is 14.6. The highest BCUT2D eigenvalue weighted by molar-refractivity contribution is 7.15. The third kappa shape index (κ3) is 4.24. The molecule has 2 amide bonds. The molecule has 176 valence electrons. The van der Waals surface area contributed by atoms with Crippen molar-refractivity contribution in [3.63, 3.8) is 0 Å². The van der Waals surface area contributed by atoms with Crippen LogP contribution >= 0.6 is 11.3 Å². The summed E-state index contributed by atoms with van der Waals surface area (Å²) in [5, 5.41) is 14.6. The number of hydrogen-bond acceptors (Lipinski definition) is 6. The standard InChI is InChI=1S/C24H23FN4O4S/c1-24(2,32)7-6-14-8-18-20(9-15(14)25)33-11-17(22(31)28(18)3)26-21(30)16-10-29-19(13-4-5-13)12-34-23(29)27-16/h8-10,12-13,17,32H,4-5,11H2,1-3H3,(H,26,30)/t17-/m0/s1. The predicted molar refractivity (Wildman–Crippen MR) is 125 cm³/mol. The maximum atomic E-state index is 14.6. The zero-order chi connectivity index (χ0) is 24.2. The molecular weight excluding hydrogens is 459 g/mol. The molecule has 1 aliphatic carbocycles. The van der Waals surface area contributed by atoms with Crippen LogP contribution in [0.4, 0.5) is 10.1 Å². The van der Waals surface area contributed by atoms with Crippen LogP contribution in [0.2, 0.25) is 0 Å². The Balaban J connectivity index is 1.36. The number of imidazole rings is 1. The van der Waals surface area contributed by atoms with Gasteiger partial charge < -0.3 is 20.1 Å². The monoisotopic (exact) mass is 482 g/mol. The van der Waals surface area contributed by atoms with Crippen molar-refractivity contribution in [2.75, 3.05) is 18.6 Å². The van der Waals surface area contributed by atoms with Crippen LogP contribution in [0, 0.1) is 17.7 Å². The van der Waals surface area contributed by atoms with Crippen LogP contribution in [0.1, 0.15) is 54.4 Å².